The van der Waals surface area contributed by atoms with Crippen molar-refractivity contribution in [2.75, 3.05) is 0 Å². The lowest BCUT2D eigenvalue weighted by molar-refractivity contribution is 0.306. The van der Waals surface area contributed by atoms with Gasteiger partial charge in [0.05, 0.1) is 11.7 Å². The standard InChI is InChI=1S/C7H10Br2O/c1-7-3-5(9)4(8)2-6(7)10-7/h4-6H,2-3H2,1H3/t4-,5+,6+,7-/m1/s1. The molecular formula is C7H10Br2O. The maximum Gasteiger partial charge on any atom is 0.0931 e. The van der Waals surface area contributed by atoms with Gasteiger partial charge in [0, 0.05) is 9.65 Å². The van der Waals surface area contributed by atoms with E-state index in [0.29, 0.717) is 15.8 Å². The lowest BCUT2D eigenvalue weighted by atomic mass is 9.91. The molecule has 1 aliphatic carbocycles. The van der Waals surface area contributed by atoms with Crippen molar-refractivity contribution in [2.24, 2.45) is 0 Å². The first-order chi connectivity index (χ1) is 4.62. The molecule has 0 aromatic rings. The minimum absolute atomic E-state index is 0.221. The summed E-state index contributed by atoms with van der Waals surface area (Å²) in [5, 5.41) is 0. The molecule has 0 unspecified atom stereocenters. The van der Waals surface area contributed by atoms with E-state index < -0.39 is 0 Å². The first-order valence-electron chi connectivity index (χ1n) is 3.58. The highest BCUT2D eigenvalue weighted by Gasteiger charge is 2.57. The van der Waals surface area contributed by atoms with Crippen LogP contribution in [0.2, 0.25) is 0 Å². The van der Waals surface area contributed by atoms with E-state index in [-0.39, 0.29) is 5.60 Å². The molecule has 0 aromatic carbocycles. The summed E-state index contributed by atoms with van der Waals surface area (Å²) in [4.78, 5) is 1.20. The van der Waals surface area contributed by atoms with E-state index >= 15 is 0 Å². The molecule has 1 heterocycles. The molecule has 0 aromatic heterocycles. The summed E-state index contributed by atoms with van der Waals surface area (Å²) < 4.78 is 5.55. The van der Waals surface area contributed by atoms with E-state index in [1.165, 1.54) is 0 Å². The Labute approximate surface area is 77.8 Å². The third-order valence-corrected chi connectivity index (χ3v) is 5.15. The number of fused-ring (bicyclic) bond motifs is 1. The van der Waals surface area contributed by atoms with Gasteiger partial charge < -0.3 is 4.74 Å². The van der Waals surface area contributed by atoms with Crippen LogP contribution in [-0.4, -0.2) is 21.4 Å². The molecule has 0 radical (unpaired) electrons. The van der Waals surface area contributed by atoms with Gasteiger partial charge in [-0.2, -0.15) is 0 Å². The van der Waals surface area contributed by atoms with E-state index in [2.05, 4.69) is 38.8 Å². The Bertz CT molecular complexity index is 162. The van der Waals surface area contributed by atoms with Crippen LogP contribution < -0.4 is 0 Å². The van der Waals surface area contributed by atoms with E-state index in [0.717, 1.165) is 12.8 Å². The van der Waals surface area contributed by atoms with Crippen molar-refractivity contribution in [2.45, 2.75) is 41.1 Å². The first kappa shape index (κ1) is 7.56. The first-order valence-corrected chi connectivity index (χ1v) is 5.41. The third kappa shape index (κ3) is 1.07. The van der Waals surface area contributed by atoms with Gasteiger partial charge in [-0.1, -0.05) is 31.9 Å². The van der Waals surface area contributed by atoms with Crippen LogP contribution in [0, 0.1) is 0 Å². The predicted molar refractivity (Wildman–Crippen MR) is 47.9 cm³/mol. The van der Waals surface area contributed by atoms with Crippen LogP contribution in [0.3, 0.4) is 0 Å². The lowest BCUT2D eigenvalue weighted by Gasteiger charge is -2.22. The van der Waals surface area contributed by atoms with Crippen LogP contribution in [0.5, 0.6) is 0 Å². The van der Waals surface area contributed by atoms with Crippen LogP contribution in [0.15, 0.2) is 0 Å². The fourth-order valence-corrected chi connectivity index (χ4v) is 3.02. The molecule has 1 nitrogen and oxygen atoms in total. The minimum atomic E-state index is 0.221. The summed E-state index contributed by atoms with van der Waals surface area (Å²) in [7, 11) is 0. The number of halogens is 2. The number of epoxide rings is 1. The van der Waals surface area contributed by atoms with Gasteiger partial charge in [0.25, 0.3) is 0 Å². The van der Waals surface area contributed by atoms with E-state index in [4.69, 9.17) is 4.74 Å². The average molecular weight is 270 g/mol. The Morgan fingerprint density at radius 1 is 1.40 bits per heavy atom. The van der Waals surface area contributed by atoms with Crippen LogP contribution in [0.25, 0.3) is 0 Å². The van der Waals surface area contributed by atoms with Gasteiger partial charge >= 0.3 is 0 Å². The maximum absolute atomic E-state index is 5.55. The summed E-state index contributed by atoms with van der Waals surface area (Å²) in [6.07, 6.45) is 2.84. The van der Waals surface area contributed by atoms with E-state index in [1.54, 1.807) is 0 Å². The number of rotatable bonds is 0. The molecule has 3 heteroatoms. The minimum Gasteiger partial charge on any atom is -0.366 e. The van der Waals surface area contributed by atoms with Crippen molar-refractivity contribution in [1.29, 1.82) is 0 Å². The van der Waals surface area contributed by atoms with Crippen molar-refractivity contribution in [3.8, 4) is 0 Å². The molecule has 1 aliphatic heterocycles. The quantitative estimate of drug-likeness (QED) is 0.486. The predicted octanol–water partition coefficient (Wildman–Crippen LogP) is 2.46. The van der Waals surface area contributed by atoms with Crippen molar-refractivity contribution in [3.05, 3.63) is 0 Å². The highest BCUT2D eigenvalue weighted by molar-refractivity contribution is 9.12. The third-order valence-electron chi connectivity index (χ3n) is 2.47. The van der Waals surface area contributed by atoms with Crippen molar-refractivity contribution >= 4 is 31.9 Å². The Hall–Kier alpha value is 0.920. The summed E-state index contributed by atoms with van der Waals surface area (Å²) in [5.41, 5.74) is 0.221. The fraction of sp³-hybridized carbons (Fsp3) is 1.00. The van der Waals surface area contributed by atoms with Crippen LogP contribution >= 0.6 is 31.9 Å². The summed E-state index contributed by atoms with van der Waals surface area (Å²) in [6.45, 7) is 2.20. The highest BCUT2D eigenvalue weighted by atomic mass is 79.9. The zero-order valence-corrected chi connectivity index (χ0v) is 8.98. The zero-order chi connectivity index (χ0) is 7.35. The largest absolute Gasteiger partial charge is 0.366 e. The fourth-order valence-electron chi connectivity index (χ4n) is 1.64. The molecule has 1 saturated carbocycles. The molecule has 0 N–H and O–H groups in total. The molecule has 2 aliphatic rings. The Morgan fingerprint density at radius 3 is 2.70 bits per heavy atom. The van der Waals surface area contributed by atoms with Gasteiger partial charge in [-0.05, 0) is 19.8 Å². The van der Waals surface area contributed by atoms with Gasteiger partial charge in [-0.3, -0.25) is 0 Å². The molecule has 10 heavy (non-hydrogen) atoms. The van der Waals surface area contributed by atoms with Crippen molar-refractivity contribution in [1.82, 2.24) is 0 Å². The number of hydrogen-bond acceptors (Lipinski definition) is 1. The highest BCUT2D eigenvalue weighted by Crippen LogP contribution is 2.50. The number of hydrogen-bond donors (Lipinski definition) is 0. The second-order valence-electron chi connectivity index (χ2n) is 3.39. The van der Waals surface area contributed by atoms with Crippen molar-refractivity contribution in [3.63, 3.8) is 0 Å². The Morgan fingerprint density at radius 2 is 2.10 bits per heavy atom. The van der Waals surface area contributed by atoms with Crippen LogP contribution in [-0.2, 0) is 4.74 Å². The maximum atomic E-state index is 5.55. The smallest absolute Gasteiger partial charge is 0.0931 e. The topological polar surface area (TPSA) is 12.5 Å². The number of ether oxygens (including phenoxy) is 1. The van der Waals surface area contributed by atoms with E-state index in [9.17, 15) is 0 Å². The molecule has 0 spiro atoms. The molecule has 2 fully saturated rings. The molecule has 0 amide bonds. The number of alkyl halides is 2. The van der Waals surface area contributed by atoms with Gasteiger partial charge in [-0.25, -0.2) is 0 Å². The van der Waals surface area contributed by atoms with Crippen molar-refractivity contribution < 1.29 is 4.74 Å². The van der Waals surface area contributed by atoms with Gasteiger partial charge in [0.2, 0.25) is 0 Å². The van der Waals surface area contributed by atoms with Gasteiger partial charge in [-0.15, -0.1) is 0 Å². The van der Waals surface area contributed by atoms with Crippen LogP contribution in [0.4, 0.5) is 0 Å². The Balaban J connectivity index is 2.05. The summed E-state index contributed by atoms with van der Waals surface area (Å²) >= 11 is 7.25. The summed E-state index contributed by atoms with van der Waals surface area (Å²) in [5.74, 6) is 0. The molecule has 0 bridgehead atoms. The monoisotopic (exact) mass is 268 g/mol. The molecule has 2 rings (SSSR count). The SMILES string of the molecule is C[C@@]12C[C@H](Br)[C@H](Br)C[C@@H]1O2. The second kappa shape index (κ2) is 2.20. The molecular weight excluding hydrogens is 260 g/mol. The average Bonchev–Trinajstić information content (AvgIpc) is 2.41. The molecule has 1 saturated heterocycles. The molecule has 58 valence electrons. The molecule has 4 atom stereocenters. The van der Waals surface area contributed by atoms with Crippen LogP contribution in [0.1, 0.15) is 19.8 Å². The second-order valence-corrected chi connectivity index (χ2v) is 5.74. The Kier molecular flexibility index (Phi) is 1.67. The summed E-state index contributed by atoms with van der Waals surface area (Å²) in [6, 6.07) is 0. The van der Waals surface area contributed by atoms with Gasteiger partial charge in [0.15, 0.2) is 0 Å². The lowest BCUT2D eigenvalue weighted by Crippen LogP contribution is -2.30. The van der Waals surface area contributed by atoms with Gasteiger partial charge in [0.1, 0.15) is 0 Å². The van der Waals surface area contributed by atoms with E-state index in [1.807, 2.05) is 0 Å². The normalized spacial score (nSPS) is 59.7. The zero-order valence-electron chi connectivity index (χ0n) is 5.81.